The summed E-state index contributed by atoms with van der Waals surface area (Å²) >= 11 is 6.23. The number of carbonyl (C=O) groups is 1. The lowest BCUT2D eigenvalue weighted by molar-refractivity contribution is -0.384. The van der Waals surface area contributed by atoms with Crippen LogP contribution >= 0.6 is 11.6 Å². The monoisotopic (exact) mass is 440 g/mol. The zero-order chi connectivity index (χ0) is 22.4. The van der Waals surface area contributed by atoms with Crippen molar-refractivity contribution >= 4 is 23.3 Å². The Kier molecular flexibility index (Phi) is 7.20. The molecule has 0 fully saturated rings. The molecule has 7 nitrogen and oxygen atoms in total. The van der Waals surface area contributed by atoms with Crippen LogP contribution in [0.5, 0.6) is 0 Å². The highest BCUT2D eigenvalue weighted by atomic mass is 35.5. The summed E-state index contributed by atoms with van der Waals surface area (Å²) in [5, 5.41) is 11.2. The van der Waals surface area contributed by atoms with Gasteiger partial charge in [-0.05, 0) is 48.2 Å². The van der Waals surface area contributed by atoms with E-state index in [-0.39, 0.29) is 17.2 Å². The summed E-state index contributed by atoms with van der Waals surface area (Å²) < 4.78 is 6.44. The number of hydrogen-bond acceptors (Lipinski definition) is 5. The lowest BCUT2D eigenvalue weighted by atomic mass is 10.1. The van der Waals surface area contributed by atoms with Crippen molar-refractivity contribution < 1.29 is 14.5 Å². The third kappa shape index (κ3) is 5.79. The van der Waals surface area contributed by atoms with Crippen LogP contribution in [0, 0.1) is 10.1 Å². The Hall–Kier alpha value is -3.45. The van der Waals surface area contributed by atoms with Gasteiger partial charge in [0.2, 0.25) is 0 Å². The average molecular weight is 441 g/mol. The molecule has 0 aliphatic rings. The number of aromatic nitrogens is 1. The number of nitro benzene ring substituents is 1. The lowest BCUT2D eigenvalue weighted by Crippen LogP contribution is -2.21. The van der Waals surface area contributed by atoms with Crippen LogP contribution in [0.2, 0.25) is 5.02 Å². The number of esters is 1. The van der Waals surface area contributed by atoms with Crippen molar-refractivity contribution in [3.8, 4) is 11.1 Å². The van der Waals surface area contributed by atoms with E-state index < -0.39 is 4.92 Å². The second-order valence-corrected chi connectivity index (χ2v) is 7.37. The van der Waals surface area contributed by atoms with E-state index in [0.717, 1.165) is 11.1 Å². The maximum Gasteiger partial charge on any atom is 0.306 e. The minimum absolute atomic E-state index is 0.0471. The number of halogens is 1. The largest absolute Gasteiger partial charge is 0.466 e. The molecule has 3 rings (SSSR count). The van der Waals surface area contributed by atoms with Crippen LogP contribution < -0.4 is 5.56 Å². The van der Waals surface area contributed by atoms with Crippen molar-refractivity contribution in [2.24, 2.45) is 0 Å². The minimum atomic E-state index is -0.490. The van der Waals surface area contributed by atoms with Crippen molar-refractivity contribution in [1.82, 2.24) is 4.57 Å². The highest BCUT2D eigenvalue weighted by Crippen LogP contribution is 2.22. The molecule has 8 heteroatoms. The fourth-order valence-corrected chi connectivity index (χ4v) is 3.40. The van der Waals surface area contributed by atoms with Gasteiger partial charge in [0.05, 0.1) is 23.1 Å². The molecular weight excluding hydrogens is 420 g/mol. The average Bonchev–Trinajstić information content (AvgIpc) is 2.76. The van der Waals surface area contributed by atoms with Gasteiger partial charge in [0, 0.05) is 30.3 Å². The number of aryl methyl sites for hydroxylation is 1. The topological polar surface area (TPSA) is 91.4 Å². The molecule has 0 saturated carbocycles. The molecule has 0 aliphatic heterocycles. The van der Waals surface area contributed by atoms with Crippen LogP contribution in [-0.2, 0) is 22.5 Å². The Balaban J connectivity index is 1.78. The van der Waals surface area contributed by atoms with E-state index >= 15 is 0 Å². The number of benzene rings is 2. The first-order valence-corrected chi connectivity index (χ1v) is 10.1. The first kappa shape index (κ1) is 22.2. The molecule has 1 aromatic heterocycles. The van der Waals surface area contributed by atoms with Crippen LogP contribution in [-0.4, -0.2) is 22.1 Å². The second-order valence-electron chi connectivity index (χ2n) is 6.93. The highest BCUT2D eigenvalue weighted by Gasteiger charge is 2.11. The molecule has 0 radical (unpaired) electrons. The molecule has 0 N–H and O–H groups in total. The van der Waals surface area contributed by atoms with Gasteiger partial charge >= 0.3 is 5.97 Å². The number of ether oxygens (including phenoxy) is 1. The summed E-state index contributed by atoms with van der Waals surface area (Å²) in [6, 6.07) is 15.0. The molecule has 0 bridgehead atoms. The molecule has 2 aromatic carbocycles. The van der Waals surface area contributed by atoms with E-state index in [4.69, 9.17) is 16.3 Å². The molecule has 0 spiro atoms. The van der Waals surface area contributed by atoms with E-state index in [1.165, 1.54) is 28.8 Å². The third-order valence-electron chi connectivity index (χ3n) is 4.74. The van der Waals surface area contributed by atoms with Gasteiger partial charge < -0.3 is 9.30 Å². The second kappa shape index (κ2) is 10.0. The number of nitro groups is 1. The summed E-state index contributed by atoms with van der Waals surface area (Å²) in [6.45, 7) is 2.46. The molecule has 0 amide bonds. The fourth-order valence-electron chi connectivity index (χ4n) is 3.17. The zero-order valence-electron chi connectivity index (χ0n) is 16.9. The van der Waals surface area contributed by atoms with Crippen LogP contribution in [0.4, 0.5) is 5.69 Å². The predicted molar refractivity (Wildman–Crippen MR) is 118 cm³/mol. The number of pyridine rings is 1. The first-order chi connectivity index (χ1) is 14.9. The lowest BCUT2D eigenvalue weighted by Gasteiger charge is -2.11. The maximum atomic E-state index is 13.0. The molecule has 0 unspecified atom stereocenters. The Labute approximate surface area is 184 Å². The summed E-state index contributed by atoms with van der Waals surface area (Å²) in [6.07, 6.45) is 2.47. The third-order valence-corrected chi connectivity index (χ3v) is 4.95. The van der Waals surface area contributed by atoms with Crippen LogP contribution in [0.25, 0.3) is 11.1 Å². The first-order valence-electron chi connectivity index (χ1n) is 9.75. The smallest absolute Gasteiger partial charge is 0.306 e. The molecular formula is C23H21ClN2O5. The standard InChI is InChI=1S/C23H21ClN2O5/c1-2-31-22(27)12-7-16-3-5-17(6-4-16)14-25-15-19(24)13-21(23(25)28)18-8-10-20(11-9-18)26(29)30/h3-6,8-11,13,15H,2,7,12,14H2,1H3. The number of rotatable bonds is 8. The van der Waals surface area contributed by atoms with E-state index in [9.17, 15) is 19.7 Å². The van der Waals surface area contributed by atoms with Gasteiger partial charge in [0.25, 0.3) is 11.2 Å². The van der Waals surface area contributed by atoms with Crippen molar-refractivity contribution in [2.75, 3.05) is 6.61 Å². The minimum Gasteiger partial charge on any atom is -0.466 e. The summed E-state index contributed by atoms with van der Waals surface area (Å²) in [5.41, 5.74) is 2.54. The normalized spacial score (nSPS) is 10.6. The molecule has 0 saturated heterocycles. The van der Waals surface area contributed by atoms with Gasteiger partial charge in [-0.2, -0.15) is 0 Å². The highest BCUT2D eigenvalue weighted by molar-refractivity contribution is 6.30. The van der Waals surface area contributed by atoms with Crippen molar-refractivity contribution in [2.45, 2.75) is 26.3 Å². The Morgan fingerprint density at radius 1 is 1.10 bits per heavy atom. The number of non-ortho nitro benzene ring substituents is 1. The number of hydrogen-bond donors (Lipinski definition) is 0. The maximum absolute atomic E-state index is 13.0. The van der Waals surface area contributed by atoms with Crippen molar-refractivity contribution in [1.29, 1.82) is 0 Å². The van der Waals surface area contributed by atoms with Crippen LogP contribution in [0.3, 0.4) is 0 Å². The molecule has 160 valence electrons. The van der Waals surface area contributed by atoms with E-state index in [0.29, 0.717) is 42.1 Å². The Bertz CT molecular complexity index is 1140. The Morgan fingerprint density at radius 3 is 2.35 bits per heavy atom. The van der Waals surface area contributed by atoms with E-state index in [1.807, 2.05) is 24.3 Å². The SMILES string of the molecule is CCOC(=O)CCc1ccc(Cn2cc(Cl)cc(-c3ccc([N+](=O)[O-])cc3)c2=O)cc1. The summed E-state index contributed by atoms with van der Waals surface area (Å²) in [5.74, 6) is -0.226. The molecule has 0 aliphatic carbocycles. The van der Waals surface area contributed by atoms with Gasteiger partial charge in [-0.1, -0.05) is 35.9 Å². The summed E-state index contributed by atoms with van der Waals surface area (Å²) in [4.78, 5) is 34.8. The van der Waals surface area contributed by atoms with Gasteiger partial charge in [-0.15, -0.1) is 0 Å². The van der Waals surface area contributed by atoms with Crippen LogP contribution in [0.15, 0.2) is 65.6 Å². The van der Waals surface area contributed by atoms with Crippen molar-refractivity contribution in [3.63, 3.8) is 0 Å². The summed E-state index contributed by atoms with van der Waals surface area (Å²) in [7, 11) is 0. The van der Waals surface area contributed by atoms with Gasteiger partial charge in [-0.3, -0.25) is 19.7 Å². The quantitative estimate of drug-likeness (QED) is 0.289. The Morgan fingerprint density at radius 2 is 1.74 bits per heavy atom. The van der Waals surface area contributed by atoms with Crippen LogP contribution in [0.1, 0.15) is 24.5 Å². The van der Waals surface area contributed by atoms with Gasteiger partial charge in [0.1, 0.15) is 0 Å². The molecule has 31 heavy (non-hydrogen) atoms. The molecule has 3 aromatic rings. The van der Waals surface area contributed by atoms with Gasteiger partial charge in [-0.25, -0.2) is 0 Å². The molecule has 0 atom stereocenters. The zero-order valence-corrected chi connectivity index (χ0v) is 17.7. The van der Waals surface area contributed by atoms with E-state index in [1.54, 1.807) is 19.2 Å². The van der Waals surface area contributed by atoms with E-state index in [2.05, 4.69) is 0 Å². The van der Waals surface area contributed by atoms with Gasteiger partial charge in [0.15, 0.2) is 0 Å². The predicted octanol–water partition coefficient (Wildman–Crippen LogP) is 4.62. The number of nitrogens with zero attached hydrogens (tertiary/aromatic N) is 2. The number of carbonyl (C=O) groups excluding carboxylic acids is 1. The molecule has 1 heterocycles. The van der Waals surface area contributed by atoms with Crippen molar-refractivity contribution in [3.05, 3.63) is 97.4 Å². The fraction of sp³-hybridized carbons (Fsp3) is 0.217.